The van der Waals surface area contributed by atoms with Crippen molar-refractivity contribution in [1.29, 1.82) is 0 Å². The molecule has 0 saturated carbocycles. The van der Waals surface area contributed by atoms with Crippen LogP contribution in [0.2, 0.25) is 0 Å². The molecule has 0 aromatic heterocycles. The minimum Gasteiger partial charge on any atom is -0.287 e. The predicted molar refractivity (Wildman–Crippen MR) is 53.1 cm³/mol. The number of carbonyl (C=O) groups excluding carboxylic acids is 3. The van der Waals surface area contributed by atoms with Crippen molar-refractivity contribution in [2.24, 2.45) is 0 Å². The molecule has 1 heterocycles. The number of amides is 2. The number of thioether (sulfide) groups is 1. The average molecular weight is 213 g/mol. The summed E-state index contributed by atoms with van der Waals surface area (Å²) >= 11 is 1.02. The van der Waals surface area contributed by atoms with E-state index in [9.17, 15) is 14.4 Å². The zero-order valence-electron chi connectivity index (χ0n) is 8.07. The molecule has 0 aromatic carbocycles. The summed E-state index contributed by atoms with van der Waals surface area (Å²) in [5.74, 6) is -0.392. The maximum Gasteiger partial charge on any atom is 0.233 e. The van der Waals surface area contributed by atoms with Crippen LogP contribution in [0.15, 0.2) is 11.1 Å². The molecule has 0 N–H and O–H groups in total. The monoisotopic (exact) mass is 213 g/mol. The first-order chi connectivity index (χ1) is 6.50. The molecule has 2 amide bonds. The molecule has 0 aromatic rings. The van der Waals surface area contributed by atoms with Crippen molar-refractivity contribution in [3.8, 4) is 0 Å². The highest BCUT2D eigenvalue weighted by Gasteiger charge is 2.27. The summed E-state index contributed by atoms with van der Waals surface area (Å²) in [6, 6.07) is 0. The van der Waals surface area contributed by atoms with Crippen LogP contribution in [0.5, 0.6) is 0 Å². The molecule has 1 aliphatic rings. The van der Waals surface area contributed by atoms with Gasteiger partial charge < -0.3 is 0 Å². The van der Waals surface area contributed by atoms with Gasteiger partial charge in [0.2, 0.25) is 11.8 Å². The van der Waals surface area contributed by atoms with Crippen LogP contribution in [0.4, 0.5) is 0 Å². The molecule has 0 radical (unpaired) electrons. The molecule has 1 rings (SSSR count). The molecule has 1 fully saturated rings. The summed E-state index contributed by atoms with van der Waals surface area (Å²) in [6.45, 7) is 3.14. The lowest BCUT2D eigenvalue weighted by atomic mass is 10.4. The number of imide groups is 1. The summed E-state index contributed by atoms with van der Waals surface area (Å²) in [7, 11) is 0. The molecule has 0 spiro atoms. The van der Waals surface area contributed by atoms with E-state index in [1.54, 1.807) is 6.92 Å². The van der Waals surface area contributed by atoms with Crippen LogP contribution in [0.1, 0.15) is 26.7 Å². The number of hydrogen-bond donors (Lipinski definition) is 0. The van der Waals surface area contributed by atoms with E-state index < -0.39 is 0 Å². The third kappa shape index (κ3) is 2.70. The molecule has 4 nitrogen and oxygen atoms in total. The van der Waals surface area contributed by atoms with E-state index in [-0.39, 0.29) is 29.8 Å². The summed E-state index contributed by atoms with van der Waals surface area (Å²) in [5.41, 5.74) is 0. The van der Waals surface area contributed by atoms with E-state index in [2.05, 4.69) is 0 Å². The van der Waals surface area contributed by atoms with Crippen LogP contribution >= 0.6 is 11.8 Å². The highest BCUT2D eigenvalue weighted by Crippen LogP contribution is 2.19. The van der Waals surface area contributed by atoms with Gasteiger partial charge in [0.15, 0.2) is 5.12 Å². The van der Waals surface area contributed by atoms with E-state index in [0.29, 0.717) is 4.91 Å². The molecule has 14 heavy (non-hydrogen) atoms. The van der Waals surface area contributed by atoms with E-state index >= 15 is 0 Å². The van der Waals surface area contributed by atoms with Crippen LogP contribution < -0.4 is 0 Å². The Morgan fingerprint density at radius 2 is 1.79 bits per heavy atom. The first-order valence-corrected chi connectivity index (χ1v) is 5.04. The molecule has 0 bridgehead atoms. The van der Waals surface area contributed by atoms with Gasteiger partial charge in [0.05, 0.1) is 0 Å². The normalized spacial score (nSPS) is 17.9. The quantitative estimate of drug-likeness (QED) is 0.648. The zero-order valence-corrected chi connectivity index (χ0v) is 8.89. The third-order valence-corrected chi connectivity index (χ3v) is 2.42. The second-order valence-corrected chi connectivity index (χ2v) is 4.41. The third-order valence-electron chi connectivity index (χ3n) is 1.71. The summed E-state index contributed by atoms with van der Waals surface area (Å²) < 4.78 is 0. The van der Waals surface area contributed by atoms with E-state index in [1.165, 1.54) is 13.1 Å². The number of likely N-dealkylation sites (tertiary alicyclic amines) is 1. The van der Waals surface area contributed by atoms with Crippen molar-refractivity contribution in [2.75, 3.05) is 0 Å². The maximum atomic E-state index is 11.2. The van der Waals surface area contributed by atoms with Crippen LogP contribution in [0.25, 0.3) is 0 Å². The Balaban J connectivity index is 2.70. The van der Waals surface area contributed by atoms with Crippen molar-refractivity contribution >= 4 is 28.7 Å². The van der Waals surface area contributed by atoms with Crippen LogP contribution in [0, 0.1) is 0 Å². The standard InChI is InChI=1S/C9H11NO3S/c1-6(14-7(2)11)5-10-8(12)3-4-9(10)13/h5H,3-4H2,1-2H3. The smallest absolute Gasteiger partial charge is 0.233 e. The summed E-state index contributed by atoms with van der Waals surface area (Å²) in [4.78, 5) is 34.8. The minimum absolute atomic E-state index is 0.0576. The molecule has 1 saturated heterocycles. The van der Waals surface area contributed by atoms with Crippen molar-refractivity contribution in [1.82, 2.24) is 4.90 Å². The SMILES string of the molecule is CC(=O)SC(C)=CN1C(=O)CCC1=O. The van der Waals surface area contributed by atoms with E-state index in [1.807, 2.05) is 0 Å². The van der Waals surface area contributed by atoms with Crippen molar-refractivity contribution in [3.05, 3.63) is 11.1 Å². The molecule has 1 aliphatic heterocycles. The topological polar surface area (TPSA) is 54.5 Å². The fraction of sp³-hybridized carbons (Fsp3) is 0.444. The number of hydrogen-bond acceptors (Lipinski definition) is 4. The average Bonchev–Trinajstić information content (AvgIpc) is 2.34. The number of allylic oxidation sites excluding steroid dienone is 1. The molecule has 0 aliphatic carbocycles. The fourth-order valence-electron chi connectivity index (χ4n) is 1.17. The lowest BCUT2D eigenvalue weighted by Crippen LogP contribution is -2.23. The first-order valence-electron chi connectivity index (χ1n) is 4.22. The van der Waals surface area contributed by atoms with Crippen LogP contribution in [-0.4, -0.2) is 21.8 Å². The number of carbonyl (C=O) groups is 3. The number of nitrogens with zero attached hydrogens (tertiary/aromatic N) is 1. The Morgan fingerprint density at radius 3 is 2.21 bits per heavy atom. The summed E-state index contributed by atoms with van der Waals surface area (Å²) in [6.07, 6.45) is 1.98. The van der Waals surface area contributed by atoms with Gasteiger partial charge in [-0.1, -0.05) is 11.8 Å². The Hall–Kier alpha value is -1.10. The molecule has 5 heteroatoms. The van der Waals surface area contributed by atoms with E-state index in [4.69, 9.17) is 0 Å². The molecule has 0 atom stereocenters. The highest BCUT2D eigenvalue weighted by atomic mass is 32.2. The van der Waals surface area contributed by atoms with Gasteiger partial charge in [0.25, 0.3) is 0 Å². The van der Waals surface area contributed by atoms with Crippen molar-refractivity contribution in [3.63, 3.8) is 0 Å². The minimum atomic E-state index is -0.196. The lowest BCUT2D eigenvalue weighted by Gasteiger charge is -2.08. The fourth-order valence-corrected chi connectivity index (χ4v) is 1.78. The summed E-state index contributed by atoms with van der Waals surface area (Å²) in [5, 5.41) is -0.0576. The second kappa shape index (κ2) is 4.41. The van der Waals surface area contributed by atoms with Gasteiger partial charge in [-0.15, -0.1) is 0 Å². The van der Waals surface area contributed by atoms with Crippen molar-refractivity contribution in [2.45, 2.75) is 26.7 Å². The predicted octanol–water partition coefficient (Wildman–Crippen LogP) is 1.28. The molecule has 76 valence electrons. The van der Waals surface area contributed by atoms with Gasteiger partial charge in [0.1, 0.15) is 0 Å². The van der Waals surface area contributed by atoms with Gasteiger partial charge in [-0.2, -0.15) is 0 Å². The lowest BCUT2D eigenvalue weighted by molar-refractivity contribution is -0.135. The Kier molecular flexibility index (Phi) is 3.46. The highest BCUT2D eigenvalue weighted by molar-refractivity contribution is 8.16. The zero-order chi connectivity index (χ0) is 10.7. The van der Waals surface area contributed by atoms with Crippen LogP contribution in [-0.2, 0) is 14.4 Å². The maximum absolute atomic E-state index is 11.2. The van der Waals surface area contributed by atoms with Gasteiger partial charge in [-0.3, -0.25) is 19.3 Å². The van der Waals surface area contributed by atoms with E-state index in [0.717, 1.165) is 16.7 Å². The van der Waals surface area contributed by atoms with Gasteiger partial charge in [-0.25, -0.2) is 0 Å². The largest absolute Gasteiger partial charge is 0.287 e. The molecular formula is C9H11NO3S. The Bertz CT molecular complexity index is 306. The van der Waals surface area contributed by atoms with Crippen molar-refractivity contribution < 1.29 is 14.4 Å². The Morgan fingerprint density at radius 1 is 1.29 bits per heavy atom. The first kappa shape index (κ1) is 11.0. The molecule has 0 unspecified atom stereocenters. The molecular weight excluding hydrogens is 202 g/mol. The van der Waals surface area contributed by atoms with Gasteiger partial charge in [0, 0.05) is 30.9 Å². The van der Waals surface area contributed by atoms with Crippen LogP contribution in [0.3, 0.4) is 0 Å². The van der Waals surface area contributed by atoms with Gasteiger partial charge in [-0.05, 0) is 6.92 Å². The Labute approximate surface area is 86.3 Å². The number of rotatable bonds is 2. The second-order valence-electron chi connectivity index (χ2n) is 2.99. The van der Waals surface area contributed by atoms with Gasteiger partial charge >= 0.3 is 0 Å².